The molecule has 0 rings (SSSR count). The van der Waals surface area contributed by atoms with Gasteiger partial charge in [-0.15, -0.1) is 0 Å². The van der Waals surface area contributed by atoms with E-state index in [0.29, 0.717) is 6.42 Å². The zero-order valence-corrected chi connectivity index (χ0v) is 16.5. The highest BCUT2D eigenvalue weighted by molar-refractivity contribution is 5.94. The monoisotopic (exact) mass is 402 g/mol. The summed E-state index contributed by atoms with van der Waals surface area (Å²) in [4.78, 5) is 58.3. The fourth-order valence-electron chi connectivity index (χ4n) is 2.29. The Kier molecular flexibility index (Phi) is 10.8. The van der Waals surface area contributed by atoms with E-state index in [0.717, 1.165) is 0 Å². The molecule has 4 atom stereocenters. The van der Waals surface area contributed by atoms with Crippen molar-refractivity contribution in [2.24, 2.45) is 17.6 Å². The van der Waals surface area contributed by atoms with Crippen molar-refractivity contribution in [3.63, 3.8) is 0 Å². The molecule has 28 heavy (non-hydrogen) atoms. The molecule has 0 spiro atoms. The van der Waals surface area contributed by atoms with Gasteiger partial charge in [0, 0.05) is 0 Å². The van der Waals surface area contributed by atoms with Crippen LogP contribution in [-0.4, -0.2) is 64.5 Å². The molecule has 0 radical (unpaired) electrons. The van der Waals surface area contributed by atoms with Crippen LogP contribution in [0.25, 0.3) is 0 Å². The van der Waals surface area contributed by atoms with Crippen LogP contribution in [-0.2, 0) is 24.0 Å². The number of nitrogens with one attached hydrogen (secondary N) is 3. The molecule has 0 aliphatic heterocycles. The average molecular weight is 402 g/mol. The van der Waals surface area contributed by atoms with Crippen LogP contribution in [0, 0.1) is 11.8 Å². The lowest BCUT2D eigenvalue weighted by atomic mass is 9.96. The molecule has 3 amide bonds. The molecular formula is C17H30N4O7. The summed E-state index contributed by atoms with van der Waals surface area (Å²) in [5.41, 5.74) is 5.51. The number of hydrogen-bond acceptors (Lipinski definition) is 6. The number of nitrogens with two attached hydrogens (primary N) is 1. The second-order valence-electron chi connectivity index (χ2n) is 6.92. The maximum Gasteiger partial charge on any atom is 0.322 e. The van der Waals surface area contributed by atoms with Crippen molar-refractivity contribution in [1.29, 1.82) is 0 Å². The van der Waals surface area contributed by atoms with E-state index in [9.17, 15) is 24.0 Å². The third kappa shape index (κ3) is 8.80. The molecule has 0 bridgehead atoms. The number of carbonyl (C=O) groups is 5. The molecule has 11 nitrogen and oxygen atoms in total. The van der Waals surface area contributed by atoms with E-state index in [1.54, 1.807) is 27.7 Å². The molecule has 0 aromatic heterocycles. The summed E-state index contributed by atoms with van der Waals surface area (Å²) in [6.45, 7) is 6.26. The minimum Gasteiger partial charge on any atom is -0.481 e. The van der Waals surface area contributed by atoms with Gasteiger partial charge in [-0.2, -0.15) is 0 Å². The molecule has 11 heteroatoms. The van der Waals surface area contributed by atoms with Crippen molar-refractivity contribution in [3.8, 4) is 0 Å². The van der Waals surface area contributed by atoms with E-state index in [-0.39, 0.29) is 11.8 Å². The fraction of sp³-hybridized carbons (Fsp3) is 0.706. The lowest BCUT2D eigenvalue weighted by molar-refractivity contribution is -0.140. The summed E-state index contributed by atoms with van der Waals surface area (Å²) in [6.07, 6.45) is -0.0566. The third-order valence-corrected chi connectivity index (χ3v) is 4.19. The molecule has 0 fully saturated rings. The van der Waals surface area contributed by atoms with Crippen LogP contribution in [0.3, 0.4) is 0 Å². The Balaban J connectivity index is 5.23. The summed E-state index contributed by atoms with van der Waals surface area (Å²) in [7, 11) is 0. The third-order valence-electron chi connectivity index (χ3n) is 4.19. The van der Waals surface area contributed by atoms with Crippen molar-refractivity contribution < 1.29 is 34.2 Å². The minimum atomic E-state index is -1.32. The number of carboxylic acids is 2. The quantitative estimate of drug-likeness (QED) is 0.231. The van der Waals surface area contributed by atoms with Gasteiger partial charge in [-0.25, -0.2) is 0 Å². The first-order valence-electron chi connectivity index (χ1n) is 8.98. The number of carboxylic acid groups (broad SMARTS) is 2. The zero-order valence-electron chi connectivity index (χ0n) is 16.5. The SMILES string of the molecule is CCC(C)C(NC(=O)C(NC(=O)C(N)CC(=O)O)C(C)C)C(=O)NCC(=O)O. The van der Waals surface area contributed by atoms with Crippen LogP contribution >= 0.6 is 0 Å². The summed E-state index contributed by atoms with van der Waals surface area (Å²) < 4.78 is 0. The Labute approximate surface area is 163 Å². The van der Waals surface area contributed by atoms with Crippen molar-refractivity contribution >= 4 is 29.7 Å². The first kappa shape index (κ1) is 25.3. The summed E-state index contributed by atoms with van der Waals surface area (Å²) in [5.74, 6) is -5.24. The zero-order chi connectivity index (χ0) is 22.0. The first-order chi connectivity index (χ1) is 12.9. The van der Waals surface area contributed by atoms with Gasteiger partial charge in [0.2, 0.25) is 17.7 Å². The van der Waals surface area contributed by atoms with E-state index < -0.39 is 60.8 Å². The number of carbonyl (C=O) groups excluding carboxylic acids is 3. The lowest BCUT2D eigenvalue weighted by Gasteiger charge is -2.28. The molecule has 0 aliphatic carbocycles. The average Bonchev–Trinajstić information content (AvgIpc) is 2.59. The van der Waals surface area contributed by atoms with Crippen LogP contribution in [0.4, 0.5) is 0 Å². The number of hydrogen-bond donors (Lipinski definition) is 6. The van der Waals surface area contributed by atoms with Gasteiger partial charge in [-0.3, -0.25) is 24.0 Å². The maximum absolute atomic E-state index is 12.7. The smallest absolute Gasteiger partial charge is 0.322 e. The second kappa shape index (κ2) is 11.9. The Hall–Kier alpha value is -2.69. The molecule has 7 N–H and O–H groups in total. The number of rotatable bonds is 12. The maximum atomic E-state index is 12.7. The molecule has 0 saturated heterocycles. The Morgan fingerprint density at radius 2 is 1.39 bits per heavy atom. The minimum absolute atomic E-state index is 0.296. The Morgan fingerprint density at radius 3 is 1.82 bits per heavy atom. The van der Waals surface area contributed by atoms with Gasteiger partial charge in [-0.1, -0.05) is 34.1 Å². The van der Waals surface area contributed by atoms with E-state index >= 15 is 0 Å². The van der Waals surface area contributed by atoms with E-state index in [1.807, 2.05) is 0 Å². The van der Waals surface area contributed by atoms with Gasteiger partial charge in [-0.05, 0) is 11.8 Å². The topological polar surface area (TPSA) is 188 Å². The molecule has 0 aromatic rings. The second-order valence-corrected chi connectivity index (χ2v) is 6.92. The highest BCUT2D eigenvalue weighted by Gasteiger charge is 2.32. The highest BCUT2D eigenvalue weighted by atomic mass is 16.4. The van der Waals surface area contributed by atoms with Crippen LogP contribution in [0.2, 0.25) is 0 Å². The van der Waals surface area contributed by atoms with Crippen molar-refractivity contribution in [1.82, 2.24) is 16.0 Å². The van der Waals surface area contributed by atoms with Gasteiger partial charge >= 0.3 is 11.9 Å². The van der Waals surface area contributed by atoms with Crippen LogP contribution in [0.15, 0.2) is 0 Å². The highest BCUT2D eigenvalue weighted by Crippen LogP contribution is 2.10. The molecular weight excluding hydrogens is 372 g/mol. The van der Waals surface area contributed by atoms with Gasteiger partial charge in [0.15, 0.2) is 0 Å². The molecule has 0 heterocycles. The van der Waals surface area contributed by atoms with Gasteiger partial charge in [0.05, 0.1) is 12.5 Å². The van der Waals surface area contributed by atoms with E-state index in [2.05, 4.69) is 16.0 Å². The van der Waals surface area contributed by atoms with Crippen LogP contribution in [0.5, 0.6) is 0 Å². The number of aliphatic carboxylic acids is 2. The van der Waals surface area contributed by atoms with Gasteiger partial charge < -0.3 is 31.9 Å². The Bertz CT molecular complexity index is 594. The molecule has 4 unspecified atom stereocenters. The number of amides is 3. The normalized spacial score (nSPS) is 15.1. The van der Waals surface area contributed by atoms with Crippen molar-refractivity contribution in [3.05, 3.63) is 0 Å². The Morgan fingerprint density at radius 1 is 0.857 bits per heavy atom. The van der Waals surface area contributed by atoms with Crippen molar-refractivity contribution in [2.45, 2.75) is 58.7 Å². The van der Waals surface area contributed by atoms with Gasteiger partial charge in [0.1, 0.15) is 18.6 Å². The van der Waals surface area contributed by atoms with Crippen LogP contribution in [0.1, 0.15) is 40.5 Å². The summed E-state index contributed by atoms with van der Waals surface area (Å²) in [5, 5.41) is 24.6. The molecule has 160 valence electrons. The largest absolute Gasteiger partial charge is 0.481 e. The predicted molar refractivity (Wildman–Crippen MR) is 99.0 cm³/mol. The summed E-state index contributed by atoms with van der Waals surface area (Å²) in [6, 6.07) is -3.37. The predicted octanol–water partition coefficient (Wildman–Crippen LogP) is -1.34. The van der Waals surface area contributed by atoms with E-state index in [1.165, 1.54) is 0 Å². The standard InChI is InChI=1S/C17H30N4O7/c1-5-9(4)14(16(27)19-7-12(24)25)21-17(28)13(8(2)3)20-15(26)10(18)6-11(22)23/h8-10,13-14H,5-7,18H2,1-4H3,(H,19,27)(H,20,26)(H,21,28)(H,22,23)(H,24,25). The van der Waals surface area contributed by atoms with E-state index in [4.69, 9.17) is 15.9 Å². The fourth-order valence-corrected chi connectivity index (χ4v) is 2.29. The molecule has 0 aromatic carbocycles. The van der Waals surface area contributed by atoms with Crippen molar-refractivity contribution in [2.75, 3.05) is 6.54 Å². The first-order valence-corrected chi connectivity index (χ1v) is 8.98. The molecule has 0 aliphatic rings. The molecule has 0 saturated carbocycles. The lowest BCUT2D eigenvalue weighted by Crippen LogP contribution is -2.59. The summed E-state index contributed by atoms with van der Waals surface area (Å²) >= 11 is 0. The van der Waals surface area contributed by atoms with Crippen LogP contribution < -0.4 is 21.7 Å². The van der Waals surface area contributed by atoms with Gasteiger partial charge in [0.25, 0.3) is 0 Å².